The number of nitrogens with zero attached hydrogens (tertiary/aromatic N) is 2. The number of benzene rings is 1. The highest BCUT2D eigenvalue weighted by atomic mass is 32.2. The number of hydrogen-bond donors (Lipinski definition) is 1. The van der Waals surface area contributed by atoms with Gasteiger partial charge < -0.3 is 4.90 Å². The maximum atomic E-state index is 12.6. The van der Waals surface area contributed by atoms with Gasteiger partial charge in [-0.1, -0.05) is 32.9 Å². The molecule has 1 unspecified atom stereocenters. The number of piperidine rings is 1. The first-order valence-electron chi connectivity index (χ1n) is 9.76. The van der Waals surface area contributed by atoms with Crippen LogP contribution in [0, 0.1) is 0 Å². The zero-order valence-electron chi connectivity index (χ0n) is 16.4. The second-order valence-corrected chi connectivity index (χ2v) is 9.16. The van der Waals surface area contributed by atoms with E-state index in [0.717, 1.165) is 24.2 Å². The van der Waals surface area contributed by atoms with Gasteiger partial charge >= 0.3 is 0 Å². The second-order valence-electron chi connectivity index (χ2n) is 7.48. The van der Waals surface area contributed by atoms with Crippen molar-refractivity contribution >= 4 is 21.5 Å². The molecule has 0 spiro atoms. The highest BCUT2D eigenvalue weighted by Gasteiger charge is 2.21. The molecule has 2 heterocycles. The molecule has 3 rings (SSSR count). The lowest BCUT2D eigenvalue weighted by atomic mass is 9.99. The van der Waals surface area contributed by atoms with Gasteiger partial charge in [-0.15, -0.1) is 0 Å². The molecule has 1 aliphatic heterocycles. The molecule has 1 aromatic heterocycles. The molecule has 0 aliphatic carbocycles. The van der Waals surface area contributed by atoms with Crippen LogP contribution >= 0.6 is 0 Å². The van der Waals surface area contributed by atoms with Gasteiger partial charge in [-0.25, -0.2) is 13.4 Å². The number of aromatic nitrogens is 1. The van der Waals surface area contributed by atoms with Gasteiger partial charge in [-0.2, -0.15) is 0 Å². The van der Waals surface area contributed by atoms with Gasteiger partial charge in [-0.3, -0.25) is 4.72 Å². The number of rotatable bonds is 6. The van der Waals surface area contributed by atoms with Gasteiger partial charge in [0.25, 0.3) is 10.0 Å². The summed E-state index contributed by atoms with van der Waals surface area (Å²) in [5.74, 6) is 0.711. The second kappa shape index (κ2) is 8.30. The van der Waals surface area contributed by atoms with Gasteiger partial charge in [0.05, 0.1) is 16.8 Å². The van der Waals surface area contributed by atoms with Crippen LogP contribution < -0.4 is 9.62 Å². The van der Waals surface area contributed by atoms with E-state index in [0.29, 0.717) is 17.8 Å². The maximum absolute atomic E-state index is 12.6. The number of anilines is 2. The summed E-state index contributed by atoms with van der Waals surface area (Å²) in [6, 6.07) is 11.3. The van der Waals surface area contributed by atoms with Crippen molar-refractivity contribution in [2.45, 2.75) is 63.3 Å². The molecule has 1 fully saturated rings. The summed E-state index contributed by atoms with van der Waals surface area (Å²) in [7, 11) is -3.64. The average Bonchev–Trinajstić information content (AvgIpc) is 2.68. The summed E-state index contributed by atoms with van der Waals surface area (Å²) in [5, 5.41) is 0. The first-order valence-corrected chi connectivity index (χ1v) is 11.2. The molecule has 1 saturated heterocycles. The fraction of sp³-hybridized carbons (Fsp3) is 0.476. The summed E-state index contributed by atoms with van der Waals surface area (Å²) in [6.45, 7) is 7.41. The van der Waals surface area contributed by atoms with Crippen LogP contribution in [0.15, 0.2) is 47.5 Å². The lowest BCUT2D eigenvalue weighted by Gasteiger charge is -2.37. The Morgan fingerprint density at radius 1 is 1.15 bits per heavy atom. The first kappa shape index (κ1) is 19.7. The van der Waals surface area contributed by atoms with Crippen LogP contribution in [-0.2, 0) is 10.0 Å². The molecule has 1 aliphatic rings. The molecule has 146 valence electrons. The van der Waals surface area contributed by atoms with E-state index >= 15 is 0 Å². The minimum atomic E-state index is -3.64. The fourth-order valence-corrected chi connectivity index (χ4v) is 4.62. The monoisotopic (exact) mass is 387 g/mol. The fourth-order valence-electron chi connectivity index (χ4n) is 3.61. The summed E-state index contributed by atoms with van der Waals surface area (Å²) >= 11 is 0. The minimum Gasteiger partial charge on any atom is -0.367 e. The van der Waals surface area contributed by atoms with Crippen LogP contribution in [0.3, 0.4) is 0 Å². The molecule has 0 radical (unpaired) electrons. The quantitative estimate of drug-likeness (QED) is 0.775. The van der Waals surface area contributed by atoms with E-state index < -0.39 is 10.0 Å². The van der Waals surface area contributed by atoms with Crippen LogP contribution in [0.4, 0.5) is 11.5 Å². The molecule has 5 nitrogen and oxygen atoms in total. The number of nitrogens with one attached hydrogen (secondary N) is 1. The lowest BCUT2D eigenvalue weighted by Crippen LogP contribution is -2.39. The summed E-state index contributed by atoms with van der Waals surface area (Å²) < 4.78 is 27.8. The third-order valence-electron chi connectivity index (χ3n) is 5.27. The number of sulfonamides is 1. The molecule has 0 amide bonds. The predicted octanol–water partition coefficient (Wildman–Crippen LogP) is 4.77. The highest BCUT2D eigenvalue weighted by molar-refractivity contribution is 7.92. The Kier molecular flexibility index (Phi) is 6.05. The van der Waals surface area contributed by atoms with E-state index in [4.69, 9.17) is 0 Å². The van der Waals surface area contributed by atoms with Crippen LogP contribution in [0.1, 0.15) is 57.9 Å². The molecule has 0 bridgehead atoms. The van der Waals surface area contributed by atoms with Crippen molar-refractivity contribution in [3.05, 3.63) is 48.2 Å². The molecule has 1 N–H and O–H groups in total. The number of pyridine rings is 1. The topological polar surface area (TPSA) is 62.3 Å². The van der Waals surface area contributed by atoms with Crippen molar-refractivity contribution in [3.8, 4) is 0 Å². The van der Waals surface area contributed by atoms with Gasteiger partial charge in [0, 0.05) is 12.6 Å². The van der Waals surface area contributed by atoms with E-state index in [2.05, 4.69) is 35.4 Å². The van der Waals surface area contributed by atoms with E-state index in [9.17, 15) is 8.42 Å². The van der Waals surface area contributed by atoms with Crippen molar-refractivity contribution in [2.24, 2.45) is 0 Å². The first-order chi connectivity index (χ1) is 12.9. The third kappa shape index (κ3) is 4.61. The molecule has 1 aromatic carbocycles. The number of hydrogen-bond acceptors (Lipinski definition) is 4. The van der Waals surface area contributed by atoms with E-state index in [-0.39, 0.29) is 4.90 Å². The largest absolute Gasteiger partial charge is 0.367 e. The standard InChI is InChI=1S/C21H29N3O2S/c1-4-18-7-5-6-14-24(18)19-10-13-21(22-15-19)23-27(25,26)20-11-8-17(9-12-20)16(2)3/h8-13,15-16,18H,4-7,14H2,1-3H3,(H,22,23). The van der Waals surface area contributed by atoms with Crippen molar-refractivity contribution in [2.75, 3.05) is 16.2 Å². The smallest absolute Gasteiger partial charge is 0.263 e. The van der Waals surface area contributed by atoms with Gasteiger partial charge in [-0.05, 0) is 61.4 Å². The summed E-state index contributed by atoms with van der Waals surface area (Å²) in [4.78, 5) is 6.99. The lowest BCUT2D eigenvalue weighted by molar-refractivity contribution is 0.449. The molecule has 27 heavy (non-hydrogen) atoms. The molecular formula is C21H29N3O2S. The van der Waals surface area contributed by atoms with Gasteiger partial charge in [0.15, 0.2) is 0 Å². The van der Waals surface area contributed by atoms with Crippen molar-refractivity contribution in [1.82, 2.24) is 4.98 Å². The zero-order chi connectivity index (χ0) is 19.4. The minimum absolute atomic E-state index is 0.250. The SMILES string of the molecule is CCC1CCCCN1c1ccc(NS(=O)(=O)c2ccc(C(C)C)cc2)nc1. The Balaban J connectivity index is 1.73. The van der Waals surface area contributed by atoms with Crippen LogP contribution in [0.2, 0.25) is 0 Å². The molecule has 0 saturated carbocycles. The van der Waals surface area contributed by atoms with Crippen LogP contribution in [0.5, 0.6) is 0 Å². The van der Waals surface area contributed by atoms with Crippen LogP contribution in [-0.4, -0.2) is 26.0 Å². The Bertz CT molecular complexity index is 846. The zero-order valence-corrected chi connectivity index (χ0v) is 17.2. The van der Waals surface area contributed by atoms with Crippen LogP contribution in [0.25, 0.3) is 0 Å². The van der Waals surface area contributed by atoms with Crippen molar-refractivity contribution in [3.63, 3.8) is 0 Å². The average molecular weight is 388 g/mol. The molecule has 2 aromatic rings. The van der Waals surface area contributed by atoms with Gasteiger partial charge in [0.1, 0.15) is 5.82 Å². The molecule has 6 heteroatoms. The van der Waals surface area contributed by atoms with Crippen molar-refractivity contribution < 1.29 is 8.42 Å². The maximum Gasteiger partial charge on any atom is 0.263 e. The summed E-state index contributed by atoms with van der Waals surface area (Å²) in [6.07, 6.45) is 6.55. The van der Waals surface area contributed by atoms with E-state index in [1.165, 1.54) is 19.3 Å². The van der Waals surface area contributed by atoms with E-state index in [1.54, 1.807) is 24.4 Å². The Labute approximate surface area is 162 Å². The Morgan fingerprint density at radius 3 is 2.48 bits per heavy atom. The molecule has 1 atom stereocenters. The Morgan fingerprint density at radius 2 is 1.89 bits per heavy atom. The van der Waals surface area contributed by atoms with E-state index in [1.807, 2.05) is 18.2 Å². The predicted molar refractivity (Wildman–Crippen MR) is 111 cm³/mol. The Hall–Kier alpha value is -2.08. The summed E-state index contributed by atoms with van der Waals surface area (Å²) in [5.41, 5.74) is 2.18. The van der Waals surface area contributed by atoms with Gasteiger partial charge in [0.2, 0.25) is 0 Å². The third-order valence-corrected chi connectivity index (χ3v) is 6.64. The normalized spacial score (nSPS) is 17.9. The highest BCUT2D eigenvalue weighted by Crippen LogP contribution is 2.27. The van der Waals surface area contributed by atoms with Crippen molar-refractivity contribution in [1.29, 1.82) is 0 Å². The molecular weight excluding hydrogens is 358 g/mol.